The normalized spacial score (nSPS) is 13.0. The molecule has 0 aliphatic rings. The second-order valence-electron chi connectivity index (χ2n) is 14.4. The van der Waals surface area contributed by atoms with E-state index in [0.717, 1.165) is 29.3 Å². The Morgan fingerprint density at radius 3 is 2.24 bits per heavy atom. The molecule has 41 heavy (non-hydrogen) atoms. The number of aromatic nitrogens is 3. The average molecular weight is 538 g/mol. The molecule has 204 valence electrons. The summed E-state index contributed by atoms with van der Waals surface area (Å²) in [5, 5.41) is 7.48. The van der Waals surface area contributed by atoms with Gasteiger partial charge in [-0.05, 0) is 92.7 Å². The second-order valence-corrected chi connectivity index (χ2v) is 14.4. The summed E-state index contributed by atoms with van der Waals surface area (Å²) in [6.07, 6.45) is 3.95. The molecule has 0 aliphatic heterocycles. The molecule has 0 atom stereocenters. The van der Waals surface area contributed by atoms with Crippen LogP contribution in [-0.4, -0.2) is 9.38 Å². The van der Waals surface area contributed by atoms with Crippen LogP contribution >= 0.6 is 0 Å². The van der Waals surface area contributed by atoms with Crippen LogP contribution in [-0.2, 0) is 19.9 Å². The smallest absolute Gasteiger partial charge is 0.287 e. The summed E-state index contributed by atoms with van der Waals surface area (Å²) in [5.41, 5.74) is 10.9. The molecule has 0 amide bonds. The molecule has 4 heteroatoms. The first kappa shape index (κ1) is 25.7. The van der Waals surface area contributed by atoms with Gasteiger partial charge < -0.3 is 4.40 Å². The zero-order valence-corrected chi connectivity index (χ0v) is 25.4. The highest BCUT2D eigenvalue weighted by atomic mass is 15.0. The minimum Gasteiger partial charge on any atom is -0.307 e. The molecule has 0 aliphatic carbocycles. The molecule has 0 bridgehead atoms. The highest BCUT2D eigenvalue weighted by Gasteiger charge is 2.28. The van der Waals surface area contributed by atoms with Gasteiger partial charge in [-0.1, -0.05) is 65.8 Å². The molecular formula is C37H37N4+. The van der Waals surface area contributed by atoms with Crippen molar-refractivity contribution < 1.29 is 4.57 Å². The lowest BCUT2D eigenvalue weighted by Crippen LogP contribution is -2.30. The van der Waals surface area contributed by atoms with E-state index in [9.17, 15) is 0 Å². The van der Waals surface area contributed by atoms with Gasteiger partial charge in [0.05, 0.1) is 40.9 Å². The van der Waals surface area contributed by atoms with E-state index in [1.807, 2.05) is 12.4 Å². The summed E-state index contributed by atoms with van der Waals surface area (Å²) in [6, 6.07) is 17.7. The van der Waals surface area contributed by atoms with Gasteiger partial charge in [-0.3, -0.25) is 0 Å². The fourth-order valence-corrected chi connectivity index (χ4v) is 7.14. The third-order valence-corrected chi connectivity index (χ3v) is 8.59. The summed E-state index contributed by atoms with van der Waals surface area (Å²) < 4.78 is 4.71. The van der Waals surface area contributed by atoms with Crippen molar-refractivity contribution in [2.45, 2.75) is 61.3 Å². The van der Waals surface area contributed by atoms with E-state index in [-0.39, 0.29) is 10.8 Å². The van der Waals surface area contributed by atoms with E-state index in [1.165, 1.54) is 60.2 Å². The number of hydrogen-bond acceptors (Lipinski definition) is 1. The van der Waals surface area contributed by atoms with Crippen LogP contribution in [0.5, 0.6) is 0 Å². The summed E-state index contributed by atoms with van der Waals surface area (Å²) in [6.45, 7) is 24.0. The summed E-state index contributed by atoms with van der Waals surface area (Å²) >= 11 is 0. The van der Waals surface area contributed by atoms with Crippen LogP contribution in [0.3, 0.4) is 0 Å². The van der Waals surface area contributed by atoms with E-state index in [4.69, 9.17) is 11.6 Å². The van der Waals surface area contributed by atoms with Gasteiger partial charge >= 0.3 is 0 Å². The van der Waals surface area contributed by atoms with E-state index in [0.29, 0.717) is 5.69 Å². The van der Waals surface area contributed by atoms with Crippen molar-refractivity contribution >= 4 is 65.6 Å². The number of benzene rings is 4. The molecule has 4 nitrogen and oxygen atoms in total. The fourth-order valence-electron chi connectivity index (χ4n) is 7.14. The lowest BCUT2D eigenvalue weighted by molar-refractivity contribution is -0.646. The minimum atomic E-state index is 0.0894. The summed E-state index contributed by atoms with van der Waals surface area (Å²) in [5.74, 6) is 0. The van der Waals surface area contributed by atoms with Crippen molar-refractivity contribution in [1.82, 2.24) is 9.38 Å². The largest absolute Gasteiger partial charge is 0.307 e. The Kier molecular flexibility index (Phi) is 5.27. The van der Waals surface area contributed by atoms with E-state index in [1.54, 1.807) is 0 Å². The Morgan fingerprint density at radius 1 is 0.805 bits per heavy atom. The zero-order valence-electron chi connectivity index (χ0n) is 25.4. The molecule has 0 radical (unpaired) electrons. The number of nitrogens with zero attached hydrogens (tertiary/aromatic N) is 4. The molecule has 4 aromatic carbocycles. The maximum Gasteiger partial charge on any atom is 0.287 e. The van der Waals surface area contributed by atoms with E-state index < -0.39 is 0 Å². The van der Waals surface area contributed by atoms with Gasteiger partial charge in [-0.15, -0.1) is 0 Å². The first-order valence-electron chi connectivity index (χ1n) is 14.6. The molecule has 0 saturated carbocycles. The Labute approximate surface area is 241 Å². The predicted molar refractivity (Wildman–Crippen MR) is 172 cm³/mol. The van der Waals surface area contributed by atoms with Crippen molar-refractivity contribution in [2.75, 3.05) is 0 Å². The van der Waals surface area contributed by atoms with Gasteiger partial charge in [0.25, 0.3) is 6.33 Å². The molecule has 0 saturated heterocycles. The number of aryl methyl sites for hydroxylation is 2. The van der Waals surface area contributed by atoms with Crippen molar-refractivity contribution in [3.63, 3.8) is 0 Å². The van der Waals surface area contributed by atoms with Crippen LogP contribution in [0.25, 0.3) is 64.7 Å². The number of fused-ring (bicyclic) bond motifs is 7. The SMILES string of the molecule is [C-]#[N+]c1ccc2c(c1)c1ccc3nc[n+](C)c4c5c(C)c6cc(CC(C)(C)C)ccc6c(CC(C)(C)C)c5n2c1c34. The maximum atomic E-state index is 7.69. The maximum absolute atomic E-state index is 7.69. The molecule has 7 aromatic rings. The molecule has 3 heterocycles. The summed E-state index contributed by atoms with van der Waals surface area (Å²) in [4.78, 5) is 8.65. The standard InChI is InChI=1S/C37H37N4/c1-21-26-16-22(18-36(2,3)4)10-12-24(26)28(19-37(5,6)7)34-31(21)35-32-29(39-20-40(35)9)14-13-25-27-17-23(38-8)11-15-30(27)41(34)33(25)32/h10-17,20H,18-19H2,1-7,9H3/q+1. The van der Waals surface area contributed by atoms with Crippen LogP contribution in [0, 0.1) is 24.3 Å². The molecule has 0 N–H and O–H groups in total. The van der Waals surface area contributed by atoms with Crippen molar-refractivity contribution in [2.24, 2.45) is 17.9 Å². The third kappa shape index (κ3) is 3.79. The lowest BCUT2D eigenvalue weighted by Gasteiger charge is -2.25. The van der Waals surface area contributed by atoms with Crippen molar-refractivity contribution in [3.8, 4) is 0 Å². The van der Waals surface area contributed by atoms with Crippen LogP contribution in [0.4, 0.5) is 5.69 Å². The van der Waals surface area contributed by atoms with Crippen LogP contribution < -0.4 is 4.57 Å². The van der Waals surface area contributed by atoms with Crippen LogP contribution in [0.15, 0.2) is 54.9 Å². The molecule has 3 aromatic heterocycles. The Balaban J connectivity index is 1.82. The van der Waals surface area contributed by atoms with Crippen LogP contribution in [0.2, 0.25) is 0 Å². The highest BCUT2D eigenvalue weighted by molar-refractivity contribution is 6.28. The fraction of sp³-hybridized carbons (Fsp3) is 0.324. The van der Waals surface area contributed by atoms with Gasteiger partial charge in [0, 0.05) is 5.39 Å². The molecule has 0 fully saturated rings. The van der Waals surface area contributed by atoms with Gasteiger partial charge in [0.1, 0.15) is 5.52 Å². The van der Waals surface area contributed by atoms with Gasteiger partial charge in [0.15, 0.2) is 11.2 Å². The average Bonchev–Trinajstić information content (AvgIpc) is 3.23. The molecular weight excluding hydrogens is 500 g/mol. The van der Waals surface area contributed by atoms with Gasteiger partial charge in [-0.2, -0.15) is 0 Å². The van der Waals surface area contributed by atoms with Crippen LogP contribution in [0.1, 0.15) is 58.2 Å². The lowest BCUT2D eigenvalue weighted by atomic mass is 9.82. The van der Waals surface area contributed by atoms with Crippen molar-refractivity contribution in [1.29, 1.82) is 0 Å². The topological polar surface area (TPSA) is 25.5 Å². The third-order valence-electron chi connectivity index (χ3n) is 8.59. The van der Waals surface area contributed by atoms with Gasteiger partial charge in [-0.25, -0.2) is 9.41 Å². The molecule has 0 spiro atoms. The van der Waals surface area contributed by atoms with Crippen molar-refractivity contribution in [3.05, 3.63) is 83.0 Å². The molecule has 7 rings (SSSR count). The molecule has 0 unspecified atom stereocenters. The number of rotatable bonds is 2. The Bertz CT molecular complexity index is 2250. The quantitative estimate of drug-likeness (QED) is 0.0933. The number of hydrogen-bond donors (Lipinski definition) is 0. The van der Waals surface area contributed by atoms with E-state index in [2.05, 4.69) is 112 Å². The van der Waals surface area contributed by atoms with Gasteiger partial charge in [0.2, 0.25) is 0 Å². The zero-order chi connectivity index (χ0) is 29.0. The Hall–Kier alpha value is -4.23. The summed E-state index contributed by atoms with van der Waals surface area (Å²) in [7, 11) is 2.13. The number of pyridine rings is 1. The predicted octanol–water partition coefficient (Wildman–Crippen LogP) is 9.40. The first-order chi connectivity index (χ1) is 19.4. The second kappa shape index (κ2) is 8.40. The highest BCUT2D eigenvalue weighted by Crippen LogP contribution is 2.45. The Morgan fingerprint density at radius 2 is 1.54 bits per heavy atom. The monoisotopic (exact) mass is 537 g/mol. The first-order valence-corrected chi connectivity index (χ1v) is 14.6. The van der Waals surface area contributed by atoms with E-state index >= 15 is 0 Å². The minimum absolute atomic E-state index is 0.0894.